The van der Waals surface area contributed by atoms with Crippen LogP contribution in [0.3, 0.4) is 0 Å². The summed E-state index contributed by atoms with van der Waals surface area (Å²) in [6, 6.07) is 0. The molecule has 1 N–H and O–H groups in total. The molecule has 0 bridgehead atoms. The molecule has 18 heavy (non-hydrogen) atoms. The lowest BCUT2D eigenvalue weighted by molar-refractivity contribution is 0.199. The van der Waals surface area contributed by atoms with Crippen LogP contribution < -0.4 is 5.48 Å². The summed E-state index contributed by atoms with van der Waals surface area (Å²) in [5.41, 5.74) is 4.33. The van der Waals surface area contributed by atoms with E-state index in [4.69, 9.17) is 4.84 Å². The molecule has 3 rings (SSSR count). The van der Waals surface area contributed by atoms with Gasteiger partial charge in [-0.2, -0.15) is 9.97 Å². The number of nitrogens with zero attached hydrogens (tertiary/aromatic N) is 3. The summed E-state index contributed by atoms with van der Waals surface area (Å²) in [5, 5.41) is 0.623. The molecule has 0 aliphatic carbocycles. The lowest BCUT2D eigenvalue weighted by Crippen LogP contribution is -2.09. The van der Waals surface area contributed by atoms with Gasteiger partial charge in [-0.1, -0.05) is 0 Å². The van der Waals surface area contributed by atoms with E-state index in [2.05, 4.69) is 15.4 Å². The molecule has 1 aliphatic heterocycles. The fraction of sp³-hybridized carbons (Fsp3) is 0.400. The Bertz CT molecular complexity index is 735. The molecule has 0 aromatic carbocycles. The Morgan fingerprint density at radius 1 is 1.44 bits per heavy atom. The molecular weight excluding hydrogens is 256 g/mol. The molecule has 0 saturated carbocycles. The Kier molecular flexibility index (Phi) is 2.32. The van der Waals surface area contributed by atoms with Gasteiger partial charge in [-0.25, -0.2) is 13.9 Å². The van der Waals surface area contributed by atoms with E-state index in [1.54, 1.807) is 4.57 Å². The SMILES string of the molecule is Cn1cc2c3c(nc(S(C)(=O)=O)nc31)NOCC2. The molecule has 0 atom stereocenters. The maximum absolute atomic E-state index is 11.6. The van der Waals surface area contributed by atoms with E-state index >= 15 is 0 Å². The average Bonchev–Trinajstić information content (AvgIpc) is 2.49. The monoisotopic (exact) mass is 268 g/mol. The van der Waals surface area contributed by atoms with Gasteiger partial charge in [-0.05, 0) is 5.56 Å². The van der Waals surface area contributed by atoms with Crippen molar-refractivity contribution in [2.75, 3.05) is 18.3 Å². The van der Waals surface area contributed by atoms with Gasteiger partial charge in [0.25, 0.3) is 5.16 Å². The molecule has 7 nitrogen and oxygen atoms in total. The maximum atomic E-state index is 11.6. The van der Waals surface area contributed by atoms with Crippen LogP contribution in [0.2, 0.25) is 0 Å². The van der Waals surface area contributed by atoms with Gasteiger partial charge in [0.05, 0.1) is 12.0 Å². The van der Waals surface area contributed by atoms with Crippen molar-refractivity contribution in [1.82, 2.24) is 14.5 Å². The van der Waals surface area contributed by atoms with Crippen molar-refractivity contribution < 1.29 is 13.3 Å². The van der Waals surface area contributed by atoms with E-state index in [1.165, 1.54) is 0 Å². The molecule has 2 aromatic heterocycles. The van der Waals surface area contributed by atoms with Crippen molar-refractivity contribution in [2.45, 2.75) is 11.6 Å². The van der Waals surface area contributed by atoms with Crippen LogP contribution >= 0.6 is 0 Å². The Morgan fingerprint density at radius 2 is 2.22 bits per heavy atom. The van der Waals surface area contributed by atoms with Crippen LogP contribution in [0.5, 0.6) is 0 Å². The van der Waals surface area contributed by atoms with Crippen LogP contribution in [0.15, 0.2) is 11.4 Å². The molecule has 0 saturated heterocycles. The molecule has 0 radical (unpaired) electrons. The first-order valence-electron chi connectivity index (χ1n) is 5.40. The van der Waals surface area contributed by atoms with Crippen molar-refractivity contribution >= 4 is 26.7 Å². The number of nitrogens with one attached hydrogen (secondary N) is 1. The molecule has 3 heterocycles. The Balaban J connectivity index is 2.41. The van der Waals surface area contributed by atoms with E-state index in [0.29, 0.717) is 18.1 Å². The van der Waals surface area contributed by atoms with Gasteiger partial charge in [-0.3, -0.25) is 4.84 Å². The van der Waals surface area contributed by atoms with E-state index in [-0.39, 0.29) is 5.16 Å². The van der Waals surface area contributed by atoms with Crippen molar-refractivity contribution in [2.24, 2.45) is 7.05 Å². The average molecular weight is 268 g/mol. The molecular formula is C10H12N4O3S. The van der Waals surface area contributed by atoms with Gasteiger partial charge in [0.15, 0.2) is 5.82 Å². The normalized spacial score (nSPS) is 15.4. The standard InChI is InChI=1S/C10H12N4O3S/c1-14-5-6-3-4-17-13-8-7(6)9(14)12-10(11-8)18(2,15)16/h5H,3-4H2,1-2H3,(H,11,12,13). The van der Waals surface area contributed by atoms with Crippen LogP contribution in [0, 0.1) is 0 Å². The van der Waals surface area contributed by atoms with Crippen LogP contribution in [0.4, 0.5) is 5.82 Å². The second-order valence-corrected chi connectivity index (χ2v) is 6.20. The van der Waals surface area contributed by atoms with Crippen molar-refractivity contribution in [3.8, 4) is 0 Å². The van der Waals surface area contributed by atoms with Crippen molar-refractivity contribution in [1.29, 1.82) is 0 Å². The van der Waals surface area contributed by atoms with Gasteiger partial charge in [0, 0.05) is 25.9 Å². The molecule has 0 unspecified atom stereocenters. The van der Waals surface area contributed by atoms with Gasteiger partial charge in [0.2, 0.25) is 9.84 Å². The molecule has 1 aliphatic rings. The third-order valence-corrected chi connectivity index (χ3v) is 3.69. The highest BCUT2D eigenvalue weighted by Crippen LogP contribution is 2.29. The first-order chi connectivity index (χ1) is 8.47. The molecule has 8 heteroatoms. The molecule has 2 aromatic rings. The van der Waals surface area contributed by atoms with Crippen molar-refractivity contribution in [3.63, 3.8) is 0 Å². The highest BCUT2D eigenvalue weighted by molar-refractivity contribution is 7.90. The van der Waals surface area contributed by atoms with Gasteiger partial charge >= 0.3 is 0 Å². The fourth-order valence-electron chi connectivity index (χ4n) is 2.05. The summed E-state index contributed by atoms with van der Waals surface area (Å²) in [6.45, 7) is 0.504. The largest absolute Gasteiger partial charge is 0.335 e. The molecule has 0 spiro atoms. The number of hydrogen-bond acceptors (Lipinski definition) is 6. The Hall–Kier alpha value is -1.67. The summed E-state index contributed by atoms with van der Waals surface area (Å²) < 4.78 is 24.9. The number of aromatic nitrogens is 3. The quantitative estimate of drug-likeness (QED) is 0.747. The van der Waals surface area contributed by atoms with E-state index < -0.39 is 9.84 Å². The second-order valence-electron chi connectivity index (χ2n) is 4.29. The predicted molar refractivity (Wildman–Crippen MR) is 64.9 cm³/mol. The third kappa shape index (κ3) is 1.65. The minimum absolute atomic E-state index is 0.198. The van der Waals surface area contributed by atoms with E-state index in [9.17, 15) is 8.42 Å². The topological polar surface area (TPSA) is 86.1 Å². The van der Waals surface area contributed by atoms with Crippen LogP contribution in [0.1, 0.15) is 5.56 Å². The fourth-order valence-corrected chi connectivity index (χ4v) is 2.56. The predicted octanol–water partition coefficient (Wildman–Crippen LogP) is 0.271. The zero-order valence-electron chi connectivity index (χ0n) is 9.97. The van der Waals surface area contributed by atoms with Crippen LogP contribution in [-0.2, 0) is 28.1 Å². The van der Waals surface area contributed by atoms with Gasteiger partial charge in [-0.15, -0.1) is 0 Å². The Morgan fingerprint density at radius 3 is 2.94 bits per heavy atom. The minimum Gasteiger partial charge on any atom is -0.335 e. The summed E-state index contributed by atoms with van der Waals surface area (Å²) in [4.78, 5) is 13.3. The molecule has 0 fully saturated rings. The number of aryl methyl sites for hydroxylation is 1. The van der Waals surface area contributed by atoms with E-state index in [1.807, 2.05) is 13.2 Å². The smallest absolute Gasteiger partial charge is 0.250 e. The highest BCUT2D eigenvalue weighted by atomic mass is 32.2. The van der Waals surface area contributed by atoms with Crippen molar-refractivity contribution in [3.05, 3.63) is 11.8 Å². The zero-order chi connectivity index (χ0) is 12.9. The molecule has 96 valence electrons. The lowest BCUT2D eigenvalue weighted by atomic mass is 10.2. The Labute approximate surface area is 104 Å². The highest BCUT2D eigenvalue weighted by Gasteiger charge is 2.21. The third-order valence-electron chi connectivity index (χ3n) is 2.85. The summed E-state index contributed by atoms with van der Waals surface area (Å²) in [6.07, 6.45) is 3.74. The summed E-state index contributed by atoms with van der Waals surface area (Å²) in [7, 11) is -1.62. The van der Waals surface area contributed by atoms with Crippen LogP contribution in [-0.4, -0.2) is 35.8 Å². The second kappa shape index (κ2) is 3.66. The minimum atomic E-state index is -3.45. The van der Waals surface area contributed by atoms with Gasteiger partial charge < -0.3 is 4.57 Å². The summed E-state index contributed by atoms with van der Waals surface area (Å²) >= 11 is 0. The van der Waals surface area contributed by atoms with Gasteiger partial charge in [0.1, 0.15) is 5.65 Å². The molecule has 0 amide bonds. The first kappa shape index (κ1) is 11.4. The van der Waals surface area contributed by atoms with Crippen LogP contribution in [0.25, 0.3) is 11.0 Å². The first-order valence-corrected chi connectivity index (χ1v) is 7.30. The lowest BCUT2D eigenvalue weighted by Gasteiger charge is -2.06. The van der Waals surface area contributed by atoms with E-state index in [0.717, 1.165) is 23.6 Å². The summed E-state index contributed by atoms with van der Waals surface area (Å²) in [5.74, 6) is 0.411. The number of anilines is 1. The number of sulfone groups is 1. The zero-order valence-corrected chi connectivity index (χ0v) is 10.8. The number of rotatable bonds is 1. The number of hydrogen-bond donors (Lipinski definition) is 1. The maximum Gasteiger partial charge on any atom is 0.250 e.